The van der Waals surface area contributed by atoms with Crippen LogP contribution >= 0.6 is 0 Å². The van der Waals surface area contributed by atoms with Crippen molar-refractivity contribution in [1.82, 2.24) is 57.7 Å². The van der Waals surface area contributed by atoms with E-state index in [4.69, 9.17) is 5.73 Å². The number of nitrogens with two attached hydrogens (primary N) is 1. The van der Waals surface area contributed by atoms with Crippen LogP contribution in [-0.4, -0.2) is 201 Å². The number of unbranched alkanes of at least 4 members (excludes halogenated alkanes) is 2. The van der Waals surface area contributed by atoms with E-state index in [1.807, 2.05) is 6.92 Å². The van der Waals surface area contributed by atoms with Crippen molar-refractivity contribution in [1.29, 1.82) is 0 Å². The molecule has 3 aliphatic rings. The predicted molar refractivity (Wildman–Crippen MR) is 310 cm³/mol. The monoisotopic (exact) mass is 1210 g/mol. The van der Waals surface area contributed by atoms with Crippen LogP contribution in [0.4, 0.5) is 0 Å². The average Bonchev–Trinajstić information content (AvgIpc) is 2.99. The summed E-state index contributed by atoms with van der Waals surface area (Å²) in [7, 11) is 0. The van der Waals surface area contributed by atoms with Crippen LogP contribution in [-0.2, 0) is 64.0 Å². The van der Waals surface area contributed by atoms with Gasteiger partial charge in [0.25, 0.3) is 11.8 Å². The molecule has 4 unspecified atom stereocenters. The Morgan fingerprint density at radius 3 is 1.83 bits per heavy atom. The number of carbonyl (C=O) groups is 12. The molecule has 13 atom stereocenters. The Labute approximate surface area is 501 Å². The molecule has 478 valence electrons. The van der Waals surface area contributed by atoms with E-state index in [-0.39, 0.29) is 45.2 Å². The fourth-order valence-corrected chi connectivity index (χ4v) is 10.4. The van der Waals surface area contributed by atoms with Gasteiger partial charge < -0.3 is 83.8 Å². The van der Waals surface area contributed by atoms with E-state index >= 15 is 0 Å². The second-order valence-corrected chi connectivity index (χ2v) is 22.3. The standard InChI is InChI=1S/C58H90N12O16/c1-7-11-13-20-35(73)28-38-48(76)57(85)62-37(23-24-44(59)74)49(77)60-29-45(75)69-25-16-21-42(69)54(82)64-39(27-34-18-14-12-15-19-34)51(79)67-46(32(5)8-2)56(84)66-40(30-71)52(80)61-36(10-4)50(78)65-41(31-72)53(81)68-47(33(6)9-3)58(86)70-26-17-22-43(70)55(83)63-38/h10,12,14-15,18-19,32-33,35,37-43,46-48,71-73,76H,7-9,11,13,16-17,20-31H2,1-6H3,(H2,59,74)(H,60,77)(H,61,80)(H,62,85)(H,63,83)(H,64,82)(H,65,78)(H,66,84)(H,67,79)(H,68,81)/t32-,33-,35?,37+,38?,39-,40-,41-,42?,43-,46+,47+,48?/m0/s1. The SMILES string of the molecule is CC=C1NC(=O)[C@H](CO)NC(=O)[C@@H]([C@@H](C)CC)NC(=O)[C@H](Cc2ccccc2)NC(=O)C2CCCN2C(=O)CNC(=O)[C@@H](CCC(N)=O)NC(=O)C(O)C(CC(O)CCCCC)NC(=O)[C@@H]2CCCN2C(=O)[C@@H]([C@@H](C)CC)NC(=O)[C@H](CO)NC1=O. The van der Waals surface area contributed by atoms with Gasteiger partial charge in [-0.2, -0.15) is 0 Å². The number of primary amides is 1. The molecule has 4 rings (SSSR count). The summed E-state index contributed by atoms with van der Waals surface area (Å²) in [5.41, 5.74) is 5.54. The highest BCUT2D eigenvalue weighted by atomic mass is 16.3. The number of nitrogens with one attached hydrogen (secondary N) is 9. The highest BCUT2D eigenvalue weighted by Crippen LogP contribution is 2.24. The van der Waals surface area contributed by atoms with Crippen molar-refractivity contribution < 1.29 is 78.0 Å². The third-order valence-electron chi connectivity index (χ3n) is 16.0. The van der Waals surface area contributed by atoms with Gasteiger partial charge in [0.05, 0.1) is 31.9 Å². The Morgan fingerprint density at radius 2 is 1.22 bits per heavy atom. The zero-order valence-corrected chi connectivity index (χ0v) is 50.1. The molecule has 86 heavy (non-hydrogen) atoms. The van der Waals surface area contributed by atoms with Gasteiger partial charge in [0.2, 0.25) is 59.1 Å². The van der Waals surface area contributed by atoms with E-state index in [2.05, 4.69) is 47.9 Å². The number of aliphatic hydroxyl groups is 4. The molecule has 1 aromatic carbocycles. The van der Waals surface area contributed by atoms with Crippen LogP contribution in [0.5, 0.6) is 0 Å². The molecule has 0 radical (unpaired) electrons. The normalized spacial score (nSPS) is 27.7. The first-order chi connectivity index (χ1) is 40.9. The summed E-state index contributed by atoms with van der Waals surface area (Å²) >= 11 is 0. The van der Waals surface area contributed by atoms with Gasteiger partial charge in [-0.3, -0.25) is 57.5 Å². The van der Waals surface area contributed by atoms with Crippen LogP contribution < -0.4 is 53.6 Å². The van der Waals surface area contributed by atoms with Crippen molar-refractivity contribution in [3.63, 3.8) is 0 Å². The molecule has 0 aliphatic carbocycles. The Hall–Kier alpha value is -7.56. The van der Waals surface area contributed by atoms with Gasteiger partial charge >= 0.3 is 0 Å². The number of amides is 12. The van der Waals surface area contributed by atoms with Gasteiger partial charge in [-0.1, -0.05) is 103 Å². The van der Waals surface area contributed by atoms with Crippen molar-refractivity contribution in [3.8, 4) is 0 Å². The smallest absolute Gasteiger partial charge is 0.268 e. The van der Waals surface area contributed by atoms with Crippen LogP contribution in [0.2, 0.25) is 0 Å². The lowest BCUT2D eigenvalue weighted by molar-refractivity contribution is -0.144. The summed E-state index contributed by atoms with van der Waals surface area (Å²) in [5.74, 6) is -12.4. The number of nitrogens with zero attached hydrogens (tertiary/aromatic N) is 2. The van der Waals surface area contributed by atoms with Gasteiger partial charge in [0, 0.05) is 25.9 Å². The van der Waals surface area contributed by atoms with Gasteiger partial charge in [0.15, 0.2) is 6.10 Å². The molecule has 3 saturated heterocycles. The summed E-state index contributed by atoms with van der Waals surface area (Å²) < 4.78 is 0. The molecule has 15 N–H and O–H groups in total. The third kappa shape index (κ3) is 20.6. The molecule has 3 aliphatic heterocycles. The van der Waals surface area contributed by atoms with Crippen molar-refractivity contribution in [2.75, 3.05) is 32.8 Å². The molecule has 3 heterocycles. The summed E-state index contributed by atoms with van der Waals surface area (Å²) in [6, 6.07) is -4.61. The number of carbonyl (C=O) groups excluding carboxylic acids is 12. The lowest BCUT2D eigenvalue weighted by atomic mass is 9.96. The summed E-state index contributed by atoms with van der Waals surface area (Å²) in [6.45, 7) is 7.36. The van der Waals surface area contributed by atoms with E-state index in [1.54, 1.807) is 58.0 Å². The number of rotatable bonds is 17. The minimum Gasteiger partial charge on any atom is -0.394 e. The molecule has 12 amide bonds. The van der Waals surface area contributed by atoms with Gasteiger partial charge in [0.1, 0.15) is 54.0 Å². The summed E-state index contributed by atoms with van der Waals surface area (Å²) in [5, 5.41) is 66.2. The number of benzene rings is 1. The van der Waals surface area contributed by atoms with Crippen molar-refractivity contribution in [3.05, 3.63) is 47.7 Å². The van der Waals surface area contributed by atoms with Gasteiger partial charge in [-0.05, 0) is 69.3 Å². The van der Waals surface area contributed by atoms with Crippen LogP contribution in [0.3, 0.4) is 0 Å². The van der Waals surface area contributed by atoms with Crippen LogP contribution in [0.15, 0.2) is 42.1 Å². The molecule has 0 spiro atoms. The largest absolute Gasteiger partial charge is 0.394 e. The van der Waals surface area contributed by atoms with E-state index in [9.17, 15) is 78.0 Å². The highest BCUT2D eigenvalue weighted by molar-refractivity contribution is 6.03. The molecule has 28 nitrogen and oxygen atoms in total. The Balaban J connectivity index is 1.77. The second-order valence-electron chi connectivity index (χ2n) is 22.3. The molecule has 28 heteroatoms. The zero-order valence-electron chi connectivity index (χ0n) is 50.1. The average molecular weight is 1210 g/mol. The molecular weight excluding hydrogens is 1120 g/mol. The van der Waals surface area contributed by atoms with Gasteiger partial charge in [-0.15, -0.1) is 0 Å². The fourth-order valence-electron chi connectivity index (χ4n) is 10.4. The number of aliphatic hydroxyl groups excluding tert-OH is 4. The molecule has 0 bridgehead atoms. The maximum Gasteiger partial charge on any atom is 0.268 e. The maximum atomic E-state index is 14.6. The quantitative estimate of drug-likeness (QED) is 0.0539. The minimum absolute atomic E-state index is 0.0137. The van der Waals surface area contributed by atoms with Crippen molar-refractivity contribution in [2.45, 2.75) is 198 Å². The lowest BCUT2D eigenvalue weighted by Gasteiger charge is -2.33. The highest BCUT2D eigenvalue weighted by Gasteiger charge is 2.43. The van der Waals surface area contributed by atoms with E-state index in [0.29, 0.717) is 37.7 Å². The molecule has 3 fully saturated rings. The van der Waals surface area contributed by atoms with Crippen LogP contribution in [0.25, 0.3) is 0 Å². The van der Waals surface area contributed by atoms with E-state index in [0.717, 1.165) is 18.9 Å². The van der Waals surface area contributed by atoms with Crippen LogP contribution in [0.1, 0.15) is 131 Å². The Kier molecular flexibility index (Phi) is 29.0. The van der Waals surface area contributed by atoms with Crippen LogP contribution in [0, 0.1) is 11.8 Å². The molecular formula is C58H90N12O16. The minimum atomic E-state index is -2.17. The molecule has 1 aromatic rings. The third-order valence-corrected chi connectivity index (χ3v) is 16.0. The lowest BCUT2D eigenvalue weighted by Crippen LogP contribution is -2.61. The van der Waals surface area contributed by atoms with E-state index < -0.39 is 188 Å². The summed E-state index contributed by atoms with van der Waals surface area (Å²) in [6.07, 6.45) is 0.188. The molecule has 0 saturated carbocycles. The zero-order chi connectivity index (χ0) is 63.8. The van der Waals surface area contributed by atoms with Crippen molar-refractivity contribution >= 4 is 70.9 Å². The van der Waals surface area contributed by atoms with Crippen molar-refractivity contribution in [2.24, 2.45) is 17.6 Å². The Morgan fingerprint density at radius 1 is 0.663 bits per heavy atom. The number of hydrogen-bond donors (Lipinski definition) is 14. The summed E-state index contributed by atoms with van der Waals surface area (Å²) in [4.78, 5) is 169. The first-order valence-corrected chi connectivity index (χ1v) is 29.8. The first-order valence-electron chi connectivity index (χ1n) is 29.8. The number of fused-ring (bicyclic) bond motifs is 2. The fraction of sp³-hybridized carbons (Fsp3) is 0.655. The van der Waals surface area contributed by atoms with Gasteiger partial charge in [-0.25, -0.2) is 0 Å². The number of hydrogen-bond acceptors (Lipinski definition) is 16. The first kappa shape index (κ1) is 70.9. The van der Waals surface area contributed by atoms with E-state index in [1.165, 1.54) is 16.7 Å². The Bertz CT molecular complexity index is 2570. The number of allylic oxidation sites excluding steroid dienone is 1. The second kappa shape index (κ2) is 35.2. The topological polar surface area (TPSA) is 427 Å². The maximum absolute atomic E-state index is 14.6. The molecule has 0 aromatic heterocycles. The predicted octanol–water partition coefficient (Wildman–Crippen LogP) is -3.21.